The van der Waals surface area contributed by atoms with Crippen LogP contribution in [0.15, 0.2) is 58.9 Å². The number of fused-ring (bicyclic) bond motifs is 1. The first kappa shape index (κ1) is 21.1. The van der Waals surface area contributed by atoms with Gasteiger partial charge in [-0.05, 0) is 49.4 Å². The van der Waals surface area contributed by atoms with Crippen molar-refractivity contribution < 1.29 is 28.3 Å². The summed E-state index contributed by atoms with van der Waals surface area (Å²) in [6, 6.07) is 9.02. The maximum Gasteiger partial charge on any atom is 0.338 e. The number of esters is 1. The number of amides is 3. The molecular weight excluding hydrogens is 421 g/mol. The van der Waals surface area contributed by atoms with Crippen molar-refractivity contribution in [3.05, 3.63) is 59.9 Å². The Bertz CT molecular complexity index is 1120. The number of nitrogens with zero attached hydrogens (tertiary/aromatic N) is 4. The molecule has 10 nitrogen and oxygen atoms in total. The topological polar surface area (TPSA) is 121 Å². The fourth-order valence-electron chi connectivity index (χ4n) is 3.48. The van der Waals surface area contributed by atoms with Crippen molar-refractivity contribution in [2.75, 3.05) is 23.4 Å². The molecule has 32 heavy (non-hydrogen) atoms. The SMILES string of the molecule is CCOC(=O)c1ccc(NC(=O)CN2N=N[C@@H]3C(=O)N(c4cccc(F)c4)C(=O)[C@H]32)cc1. The summed E-state index contributed by atoms with van der Waals surface area (Å²) in [6.45, 7) is 1.62. The van der Waals surface area contributed by atoms with Gasteiger partial charge in [-0.3, -0.25) is 19.4 Å². The maximum absolute atomic E-state index is 13.5. The van der Waals surface area contributed by atoms with Crippen LogP contribution in [0.1, 0.15) is 17.3 Å². The third kappa shape index (κ3) is 3.92. The van der Waals surface area contributed by atoms with E-state index in [1.165, 1.54) is 42.5 Å². The summed E-state index contributed by atoms with van der Waals surface area (Å²) in [5, 5.41) is 11.4. The van der Waals surface area contributed by atoms with Gasteiger partial charge in [0, 0.05) is 5.69 Å². The van der Waals surface area contributed by atoms with Crippen molar-refractivity contribution in [2.24, 2.45) is 10.3 Å². The summed E-state index contributed by atoms with van der Waals surface area (Å²) in [5.41, 5.74) is 0.857. The molecule has 0 unspecified atom stereocenters. The molecule has 0 radical (unpaired) electrons. The van der Waals surface area contributed by atoms with E-state index in [1.807, 2.05) is 0 Å². The van der Waals surface area contributed by atoms with Crippen molar-refractivity contribution in [3.8, 4) is 0 Å². The quantitative estimate of drug-likeness (QED) is 0.542. The van der Waals surface area contributed by atoms with E-state index < -0.39 is 41.6 Å². The number of anilines is 2. The highest BCUT2D eigenvalue weighted by atomic mass is 19.1. The second kappa shape index (κ2) is 8.53. The van der Waals surface area contributed by atoms with Crippen molar-refractivity contribution in [1.29, 1.82) is 0 Å². The van der Waals surface area contributed by atoms with Crippen LogP contribution in [0, 0.1) is 5.82 Å². The number of carbonyl (C=O) groups excluding carboxylic acids is 4. The highest BCUT2D eigenvalue weighted by Crippen LogP contribution is 2.32. The first-order chi connectivity index (χ1) is 15.4. The predicted molar refractivity (Wildman–Crippen MR) is 109 cm³/mol. The number of halogens is 1. The zero-order chi connectivity index (χ0) is 22.8. The van der Waals surface area contributed by atoms with E-state index in [0.29, 0.717) is 11.3 Å². The average molecular weight is 439 g/mol. The van der Waals surface area contributed by atoms with Crippen LogP contribution in [0.5, 0.6) is 0 Å². The van der Waals surface area contributed by atoms with Crippen LogP contribution in [0.4, 0.5) is 15.8 Å². The van der Waals surface area contributed by atoms with E-state index in [0.717, 1.165) is 16.0 Å². The molecule has 2 aliphatic rings. The number of carbonyl (C=O) groups is 4. The Kier molecular flexibility index (Phi) is 5.63. The summed E-state index contributed by atoms with van der Waals surface area (Å²) in [7, 11) is 0. The molecule has 11 heteroatoms. The molecular formula is C21H18FN5O5. The molecule has 0 aliphatic carbocycles. The highest BCUT2D eigenvalue weighted by Gasteiger charge is 2.55. The number of imide groups is 1. The standard InChI is InChI=1S/C21H18FN5O5/c1-2-32-21(31)12-6-8-14(9-7-12)23-16(28)11-26-18-17(24-25-26)19(29)27(20(18)30)15-5-3-4-13(22)10-15/h3-10,17-18H,2,11H2,1H3,(H,23,28)/t17-,18-/m0/s1. The van der Waals surface area contributed by atoms with E-state index in [2.05, 4.69) is 15.7 Å². The van der Waals surface area contributed by atoms with Gasteiger partial charge in [-0.15, -0.1) is 0 Å². The smallest absolute Gasteiger partial charge is 0.338 e. The molecule has 1 fully saturated rings. The van der Waals surface area contributed by atoms with Crippen LogP contribution in [-0.4, -0.2) is 53.9 Å². The second-order valence-electron chi connectivity index (χ2n) is 7.03. The Morgan fingerprint density at radius 3 is 2.56 bits per heavy atom. The van der Waals surface area contributed by atoms with Crippen molar-refractivity contribution >= 4 is 35.1 Å². The number of hydrogen-bond donors (Lipinski definition) is 1. The fourth-order valence-corrected chi connectivity index (χ4v) is 3.48. The minimum Gasteiger partial charge on any atom is -0.462 e. The Labute approximate surface area is 181 Å². The van der Waals surface area contributed by atoms with Crippen LogP contribution in [0.2, 0.25) is 0 Å². The van der Waals surface area contributed by atoms with Crippen molar-refractivity contribution in [3.63, 3.8) is 0 Å². The third-order valence-corrected chi connectivity index (χ3v) is 4.91. The molecule has 2 heterocycles. The molecule has 1 N–H and O–H groups in total. The van der Waals surface area contributed by atoms with E-state index in [9.17, 15) is 23.6 Å². The molecule has 2 aromatic carbocycles. The van der Waals surface area contributed by atoms with Crippen LogP contribution in [-0.2, 0) is 19.1 Å². The minimum absolute atomic E-state index is 0.0932. The Balaban J connectivity index is 1.42. The van der Waals surface area contributed by atoms with Crippen LogP contribution in [0.25, 0.3) is 0 Å². The summed E-state index contributed by atoms with van der Waals surface area (Å²) < 4.78 is 18.5. The number of hydrogen-bond acceptors (Lipinski definition) is 8. The third-order valence-electron chi connectivity index (χ3n) is 4.91. The lowest BCUT2D eigenvalue weighted by Gasteiger charge is -2.20. The lowest BCUT2D eigenvalue weighted by molar-refractivity contribution is -0.123. The summed E-state index contributed by atoms with van der Waals surface area (Å²) in [4.78, 5) is 50.5. The van der Waals surface area contributed by atoms with Crippen molar-refractivity contribution in [1.82, 2.24) is 5.01 Å². The molecule has 0 aromatic heterocycles. The molecule has 1 saturated heterocycles. The molecule has 0 spiro atoms. The highest BCUT2D eigenvalue weighted by molar-refractivity contribution is 6.25. The lowest BCUT2D eigenvalue weighted by atomic mass is 10.1. The first-order valence-electron chi connectivity index (χ1n) is 9.77. The minimum atomic E-state index is -1.09. The second-order valence-corrected chi connectivity index (χ2v) is 7.03. The fraction of sp³-hybridized carbons (Fsp3) is 0.238. The van der Waals surface area contributed by atoms with E-state index >= 15 is 0 Å². The first-order valence-corrected chi connectivity index (χ1v) is 9.77. The van der Waals surface area contributed by atoms with Crippen LogP contribution in [0.3, 0.4) is 0 Å². The number of rotatable bonds is 6. The van der Waals surface area contributed by atoms with Crippen molar-refractivity contribution in [2.45, 2.75) is 19.0 Å². The Morgan fingerprint density at radius 1 is 1.12 bits per heavy atom. The zero-order valence-corrected chi connectivity index (χ0v) is 16.9. The summed E-state index contributed by atoms with van der Waals surface area (Å²) in [5.74, 6) is -2.83. The van der Waals surface area contributed by atoms with Gasteiger partial charge in [-0.2, -0.15) is 5.11 Å². The van der Waals surface area contributed by atoms with Gasteiger partial charge in [0.05, 0.1) is 17.9 Å². The molecule has 2 atom stereocenters. The zero-order valence-electron chi connectivity index (χ0n) is 16.9. The van der Waals surface area contributed by atoms with E-state index in [-0.39, 0.29) is 18.8 Å². The van der Waals surface area contributed by atoms with Gasteiger partial charge in [0.2, 0.25) is 5.91 Å². The van der Waals surface area contributed by atoms with Gasteiger partial charge in [-0.25, -0.2) is 14.1 Å². The van der Waals surface area contributed by atoms with E-state index in [1.54, 1.807) is 6.92 Å². The summed E-state index contributed by atoms with van der Waals surface area (Å²) >= 11 is 0. The van der Waals surface area contributed by atoms with Gasteiger partial charge in [0.15, 0.2) is 12.1 Å². The molecule has 0 bridgehead atoms. The summed E-state index contributed by atoms with van der Waals surface area (Å²) in [6.07, 6.45) is 0. The number of benzene rings is 2. The molecule has 4 rings (SSSR count). The van der Waals surface area contributed by atoms with Gasteiger partial charge < -0.3 is 10.1 Å². The van der Waals surface area contributed by atoms with E-state index in [4.69, 9.17) is 4.74 Å². The monoisotopic (exact) mass is 439 g/mol. The lowest BCUT2D eigenvalue weighted by Crippen LogP contribution is -2.43. The van der Waals surface area contributed by atoms with Crippen LogP contribution < -0.4 is 10.2 Å². The molecule has 2 aliphatic heterocycles. The number of ether oxygens (including phenoxy) is 1. The Morgan fingerprint density at radius 2 is 1.88 bits per heavy atom. The molecule has 2 aromatic rings. The van der Waals surface area contributed by atoms with Gasteiger partial charge in [-0.1, -0.05) is 11.3 Å². The van der Waals surface area contributed by atoms with Gasteiger partial charge >= 0.3 is 5.97 Å². The maximum atomic E-state index is 13.5. The molecule has 3 amide bonds. The predicted octanol–water partition coefficient (Wildman–Crippen LogP) is 1.93. The van der Waals surface area contributed by atoms with Gasteiger partial charge in [0.25, 0.3) is 11.8 Å². The Hall–Kier alpha value is -4.15. The molecule has 164 valence electrons. The number of nitrogens with one attached hydrogen (secondary N) is 1. The van der Waals surface area contributed by atoms with Crippen LogP contribution >= 0.6 is 0 Å². The largest absolute Gasteiger partial charge is 0.462 e. The van der Waals surface area contributed by atoms with Gasteiger partial charge in [0.1, 0.15) is 12.4 Å². The normalized spacial score (nSPS) is 19.3. The molecule has 0 saturated carbocycles. The average Bonchev–Trinajstić information content (AvgIpc) is 3.28.